The Morgan fingerprint density at radius 3 is 2.43 bits per heavy atom. The van der Waals surface area contributed by atoms with Crippen LogP contribution in [-0.4, -0.2) is 31.3 Å². The molecule has 0 radical (unpaired) electrons. The van der Waals surface area contributed by atoms with Crippen molar-refractivity contribution in [2.45, 2.75) is 38.3 Å². The second-order valence-corrected chi connectivity index (χ2v) is 7.86. The monoisotopic (exact) mass is 407 g/mol. The van der Waals surface area contributed by atoms with E-state index < -0.39 is 0 Å². The van der Waals surface area contributed by atoms with Gasteiger partial charge < -0.3 is 18.9 Å². The van der Waals surface area contributed by atoms with Gasteiger partial charge in [0.05, 0.1) is 7.11 Å². The molecule has 3 heterocycles. The van der Waals surface area contributed by atoms with Gasteiger partial charge in [-0.1, -0.05) is 13.0 Å². The number of carbonyl (C=O) groups is 1. The van der Waals surface area contributed by atoms with Crippen LogP contribution in [0.5, 0.6) is 23.0 Å². The molecule has 156 valence electrons. The SMILES string of the molecule is C=CCN1[C@H]2Cc3cc4c(cc3[C@@H]1Cc1cc(OC(=O)CC)c(OC)cc12)OCO4. The van der Waals surface area contributed by atoms with Crippen molar-refractivity contribution in [2.75, 3.05) is 20.4 Å². The normalized spacial score (nSPS) is 20.9. The summed E-state index contributed by atoms with van der Waals surface area (Å²) >= 11 is 0. The van der Waals surface area contributed by atoms with Crippen LogP contribution in [-0.2, 0) is 17.6 Å². The van der Waals surface area contributed by atoms with E-state index in [2.05, 4.69) is 23.6 Å². The third-order valence-corrected chi connectivity index (χ3v) is 6.26. The smallest absolute Gasteiger partial charge is 0.311 e. The lowest BCUT2D eigenvalue weighted by Gasteiger charge is -2.47. The van der Waals surface area contributed by atoms with E-state index in [1.54, 1.807) is 14.0 Å². The van der Waals surface area contributed by atoms with Crippen molar-refractivity contribution in [3.05, 3.63) is 59.2 Å². The van der Waals surface area contributed by atoms with Crippen LogP contribution in [0.1, 0.15) is 47.7 Å². The van der Waals surface area contributed by atoms with Crippen LogP contribution >= 0.6 is 0 Å². The minimum Gasteiger partial charge on any atom is -0.493 e. The minimum absolute atomic E-state index is 0.189. The number of carbonyl (C=O) groups excluding carboxylic acids is 1. The van der Waals surface area contributed by atoms with Gasteiger partial charge in [0.2, 0.25) is 6.79 Å². The molecule has 0 saturated carbocycles. The lowest BCUT2D eigenvalue weighted by Crippen LogP contribution is -2.43. The average molecular weight is 407 g/mol. The van der Waals surface area contributed by atoms with E-state index in [4.69, 9.17) is 18.9 Å². The van der Waals surface area contributed by atoms with Crippen molar-refractivity contribution in [1.82, 2.24) is 4.90 Å². The summed E-state index contributed by atoms with van der Waals surface area (Å²) in [6.45, 7) is 6.82. The van der Waals surface area contributed by atoms with Gasteiger partial charge in [0, 0.05) is 25.0 Å². The average Bonchev–Trinajstić information content (AvgIpc) is 3.20. The Balaban J connectivity index is 1.61. The Bertz CT molecular complexity index is 1030. The molecule has 6 heteroatoms. The molecule has 0 aliphatic carbocycles. The lowest BCUT2D eigenvalue weighted by molar-refractivity contribution is -0.134. The number of methoxy groups -OCH3 is 1. The van der Waals surface area contributed by atoms with Gasteiger partial charge in [-0.3, -0.25) is 9.69 Å². The summed E-state index contributed by atoms with van der Waals surface area (Å²) in [4.78, 5) is 14.4. The number of fused-ring (bicyclic) bond motifs is 7. The van der Waals surface area contributed by atoms with E-state index >= 15 is 0 Å². The maximum atomic E-state index is 11.9. The van der Waals surface area contributed by atoms with Crippen LogP contribution in [0.15, 0.2) is 36.9 Å². The predicted molar refractivity (Wildman–Crippen MR) is 111 cm³/mol. The fourth-order valence-electron chi connectivity index (χ4n) is 4.87. The molecule has 0 amide bonds. The first kappa shape index (κ1) is 19.0. The summed E-state index contributed by atoms with van der Waals surface area (Å²) in [5.41, 5.74) is 4.96. The summed E-state index contributed by atoms with van der Waals surface area (Å²) in [5.74, 6) is 2.44. The van der Waals surface area contributed by atoms with Crippen LogP contribution in [0.3, 0.4) is 0 Å². The van der Waals surface area contributed by atoms with E-state index in [-0.39, 0.29) is 24.8 Å². The second-order valence-electron chi connectivity index (χ2n) is 7.86. The Morgan fingerprint density at radius 1 is 1.10 bits per heavy atom. The zero-order chi connectivity index (χ0) is 20.8. The fraction of sp³-hybridized carbons (Fsp3) is 0.375. The van der Waals surface area contributed by atoms with E-state index in [0.29, 0.717) is 17.9 Å². The zero-order valence-corrected chi connectivity index (χ0v) is 17.3. The number of benzene rings is 2. The molecule has 2 aromatic carbocycles. The highest BCUT2D eigenvalue weighted by Crippen LogP contribution is 2.51. The Labute approximate surface area is 176 Å². The van der Waals surface area contributed by atoms with Crippen molar-refractivity contribution < 1.29 is 23.7 Å². The number of hydrogen-bond acceptors (Lipinski definition) is 6. The first-order chi connectivity index (χ1) is 14.6. The van der Waals surface area contributed by atoms with E-state index in [9.17, 15) is 4.79 Å². The Morgan fingerprint density at radius 2 is 1.77 bits per heavy atom. The maximum Gasteiger partial charge on any atom is 0.311 e. The summed E-state index contributed by atoms with van der Waals surface area (Å²) in [7, 11) is 1.61. The number of nitrogens with zero attached hydrogens (tertiary/aromatic N) is 1. The topological polar surface area (TPSA) is 57.2 Å². The molecule has 5 rings (SSSR count). The number of esters is 1. The fourth-order valence-corrected chi connectivity index (χ4v) is 4.87. The van der Waals surface area contributed by atoms with Gasteiger partial charge in [-0.2, -0.15) is 0 Å². The second kappa shape index (κ2) is 7.36. The first-order valence-corrected chi connectivity index (χ1v) is 10.3. The van der Waals surface area contributed by atoms with Crippen LogP contribution < -0.4 is 18.9 Å². The highest BCUT2D eigenvalue weighted by atomic mass is 16.7. The van der Waals surface area contributed by atoms with Gasteiger partial charge in [-0.05, 0) is 59.4 Å². The van der Waals surface area contributed by atoms with Crippen molar-refractivity contribution in [1.29, 1.82) is 0 Å². The Kier molecular flexibility index (Phi) is 4.66. The molecule has 2 aromatic rings. The minimum atomic E-state index is -0.268. The van der Waals surface area contributed by atoms with Crippen molar-refractivity contribution in [2.24, 2.45) is 0 Å². The molecule has 2 atom stereocenters. The molecule has 0 N–H and O–H groups in total. The van der Waals surface area contributed by atoms with Gasteiger partial charge in [0.15, 0.2) is 23.0 Å². The summed E-state index contributed by atoms with van der Waals surface area (Å²) in [6.07, 6.45) is 3.95. The highest BCUT2D eigenvalue weighted by molar-refractivity contribution is 5.73. The first-order valence-electron chi connectivity index (χ1n) is 10.3. The molecular weight excluding hydrogens is 382 g/mol. The summed E-state index contributed by atoms with van der Waals surface area (Å²) in [5, 5.41) is 0. The summed E-state index contributed by atoms with van der Waals surface area (Å²) < 4.78 is 22.4. The number of ether oxygens (including phenoxy) is 4. The molecule has 3 aliphatic rings. The predicted octanol–water partition coefficient (Wildman–Crippen LogP) is 4.12. The third-order valence-electron chi connectivity index (χ3n) is 6.26. The van der Waals surface area contributed by atoms with E-state index in [1.807, 2.05) is 18.2 Å². The molecule has 6 nitrogen and oxygen atoms in total. The molecule has 3 aliphatic heterocycles. The molecule has 0 fully saturated rings. The molecule has 0 spiro atoms. The van der Waals surface area contributed by atoms with Crippen LogP contribution in [0.25, 0.3) is 0 Å². The molecule has 0 saturated heterocycles. The standard InChI is InChI=1S/C24H25NO5/c1-4-6-25-18-7-14-9-21-22(29-13-28-21)12-17(14)19(25)8-15-10-23(30-24(26)5-2)20(27-3)11-16(15)18/h4,9-12,18-19H,1,5-8,13H2,2-3H3/t18-,19-/m0/s1. The van der Waals surface area contributed by atoms with Crippen LogP contribution in [0.4, 0.5) is 0 Å². The van der Waals surface area contributed by atoms with Crippen molar-refractivity contribution >= 4 is 5.97 Å². The van der Waals surface area contributed by atoms with Gasteiger partial charge in [0.25, 0.3) is 0 Å². The van der Waals surface area contributed by atoms with Gasteiger partial charge >= 0.3 is 5.97 Å². The van der Waals surface area contributed by atoms with E-state index in [1.165, 1.54) is 22.3 Å². The van der Waals surface area contributed by atoms with E-state index in [0.717, 1.165) is 30.9 Å². The zero-order valence-electron chi connectivity index (χ0n) is 17.3. The molecule has 0 aromatic heterocycles. The third kappa shape index (κ3) is 2.94. The maximum absolute atomic E-state index is 11.9. The highest BCUT2D eigenvalue weighted by Gasteiger charge is 2.41. The van der Waals surface area contributed by atoms with Gasteiger partial charge in [-0.25, -0.2) is 0 Å². The molecular formula is C24H25NO5. The van der Waals surface area contributed by atoms with Crippen molar-refractivity contribution in [3.63, 3.8) is 0 Å². The number of hydrogen-bond donors (Lipinski definition) is 0. The molecule has 0 unspecified atom stereocenters. The quantitative estimate of drug-likeness (QED) is 0.422. The Hall–Kier alpha value is -2.99. The van der Waals surface area contributed by atoms with Crippen LogP contribution in [0, 0.1) is 0 Å². The lowest BCUT2D eigenvalue weighted by atomic mass is 9.76. The van der Waals surface area contributed by atoms with Crippen molar-refractivity contribution in [3.8, 4) is 23.0 Å². The number of rotatable bonds is 5. The summed E-state index contributed by atoms with van der Waals surface area (Å²) in [6, 6.07) is 8.65. The van der Waals surface area contributed by atoms with Crippen LogP contribution in [0.2, 0.25) is 0 Å². The van der Waals surface area contributed by atoms with Gasteiger partial charge in [-0.15, -0.1) is 6.58 Å². The van der Waals surface area contributed by atoms with Gasteiger partial charge in [0.1, 0.15) is 0 Å². The largest absolute Gasteiger partial charge is 0.493 e. The molecule has 30 heavy (non-hydrogen) atoms. The molecule has 2 bridgehead atoms.